The fourth-order valence-corrected chi connectivity index (χ4v) is 4.90. The van der Waals surface area contributed by atoms with Gasteiger partial charge in [-0.15, -0.1) is 0 Å². The molecule has 216 valence electrons. The lowest BCUT2D eigenvalue weighted by atomic mass is 9.95. The minimum atomic E-state index is -1.02. The van der Waals surface area contributed by atoms with Crippen molar-refractivity contribution in [3.8, 4) is 23.0 Å². The van der Waals surface area contributed by atoms with Crippen molar-refractivity contribution >= 4 is 17.5 Å². The van der Waals surface area contributed by atoms with Gasteiger partial charge in [0.15, 0.2) is 17.7 Å². The molecule has 0 radical (unpaired) electrons. The second kappa shape index (κ2) is 13.8. The number of carboxylic acids is 1. The first-order valence-electron chi connectivity index (χ1n) is 14.1. The number of aromatic hydroxyl groups is 1. The highest BCUT2D eigenvalue weighted by molar-refractivity contribution is 6.11. The van der Waals surface area contributed by atoms with Gasteiger partial charge in [-0.1, -0.05) is 43.7 Å². The zero-order chi connectivity index (χ0) is 29.4. The lowest BCUT2D eigenvalue weighted by Gasteiger charge is -2.25. The summed E-state index contributed by atoms with van der Waals surface area (Å²) < 4.78 is 17.7. The summed E-state index contributed by atoms with van der Waals surface area (Å²) in [7, 11) is 0. The second-order valence-electron chi connectivity index (χ2n) is 10.1. The van der Waals surface area contributed by atoms with Crippen molar-refractivity contribution in [2.45, 2.75) is 64.9 Å². The van der Waals surface area contributed by atoms with Gasteiger partial charge in [0, 0.05) is 17.2 Å². The average molecular weight is 561 g/mol. The van der Waals surface area contributed by atoms with Gasteiger partial charge in [-0.05, 0) is 69.2 Å². The van der Waals surface area contributed by atoms with Crippen molar-refractivity contribution in [2.75, 3.05) is 13.2 Å². The van der Waals surface area contributed by atoms with Gasteiger partial charge in [0.05, 0.1) is 24.3 Å². The fourth-order valence-electron chi connectivity index (χ4n) is 4.90. The number of carboxylic acid groups (broad SMARTS) is 1. The van der Waals surface area contributed by atoms with E-state index in [4.69, 9.17) is 14.2 Å². The number of phenols is 1. The number of Topliss-reactive ketones (excluding diaryl/α,β-unsaturated/α-hetero) is 1. The molecule has 8 nitrogen and oxygen atoms in total. The number of phenolic OH excluding ortho intramolecular Hbond substituents is 1. The normalized spacial score (nSPS) is 14.0. The molecule has 0 fully saturated rings. The highest BCUT2D eigenvalue weighted by atomic mass is 16.5. The van der Waals surface area contributed by atoms with Gasteiger partial charge in [-0.25, -0.2) is 4.79 Å². The van der Waals surface area contributed by atoms with Gasteiger partial charge in [0.2, 0.25) is 0 Å². The lowest BCUT2D eigenvalue weighted by molar-refractivity contribution is -0.145. The van der Waals surface area contributed by atoms with E-state index >= 15 is 0 Å². The minimum Gasteiger partial charge on any atom is -0.507 e. The third-order valence-electron chi connectivity index (χ3n) is 7.09. The molecule has 0 aromatic heterocycles. The summed E-state index contributed by atoms with van der Waals surface area (Å²) in [5.41, 5.74) is 2.71. The molecular weight excluding hydrogens is 524 g/mol. The van der Waals surface area contributed by atoms with Gasteiger partial charge in [-0.2, -0.15) is 0 Å². The number of carbonyl (C=O) groups is 3. The minimum absolute atomic E-state index is 0.00481. The molecule has 3 aromatic carbocycles. The number of aryl methyl sites for hydroxylation is 1. The van der Waals surface area contributed by atoms with E-state index in [1.807, 2.05) is 13.0 Å². The number of aliphatic carboxylic acids is 1. The van der Waals surface area contributed by atoms with Crippen LogP contribution in [0, 0.1) is 0 Å². The zero-order valence-electron chi connectivity index (χ0n) is 23.5. The van der Waals surface area contributed by atoms with Gasteiger partial charge < -0.3 is 24.4 Å². The van der Waals surface area contributed by atoms with Crippen molar-refractivity contribution < 1.29 is 38.8 Å². The Morgan fingerprint density at radius 2 is 1.63 bits per heavy atom. The Kier molecular flexibility index (Phi) is 10.0. The van der Waals surface area contributed by atoms with Crippen molar-refractivity contribution in [3.63, 3.8) is 0 Å². The first-order chi connectivity index (χ1) is 19.8. The molecule has 0 aliphatic carbocycles. The Morgan fingerprint density at radius 1 is 0.927 bits per heavy atom. The standard InChI is InChI=1S/C33H36O8/c1-3-10-25-27(16-14-24(21(2)34)32(25)36)39-17-8-5-9-18-40-30-20-29-23(13-15-28(41-29)33(37)38)19-26(30)31(35)22-11-6-4-7-12-22/h4,6-7,11-12,14,16,19-20,28,36H,3,5,8-10,13,15,17-18H2,1-2H3,(H,37,38). The van der Waals surface area contributed by atoms with Gasteiger partial charge >= 0.3 is 5.97 Å². The molecule has 4 rings (SSSR count). The maximum Gasteiger partial charge on any atom is 0.344 e. The Balaban J connectivity index is 1.37. The molecule has 1 aliphatic heterocycles. The monoisotopic (exact) mass is 560 g/mol. The van der Waals surface area contributed by atoms with Crippen LogP contribution >= 0.6 is 0 Å². The van der Waals surface area contributed by atoms with E-state index in [1.54, 1.807) is 48.5 Å². The Bertz CT molecular complexity index is 1400. The third-order valence-corrected chi connectivity index (χ3v) is 7.09. The Hall–Kier alpha value is -4.33. The number of benzene rings is 3. The number of hydrogen-bond donors (Lipinski definition) is 2. The van der Waals surface area contributed by atoms with Crippen LogP contribution in [0.3, 0.4) is 0 Å². The molecule has 2 N–H and O–H groups in total. The number of ketones is 2. The largest absolute Gasteiger partial charge is 0.507 e. The van der Waals surface area contributed by atoms with Crippen LogP contribution in [-0.4, -0.2) is 47.1 Å². The van der Waals surface area contributed by atoms with Crippen molar-refractivity contribution in [3.05, 3.63) is 82.4 Å². The Morgan fingerprint density at radius 3 is 2.29 bits per heavy atom. The first-order valence-corrected chi connectivity index (χ1v) is 14.1. The van der Waals surface area contributed by atoms with Crippen LogP contribution < -0.4 is 14.2 Å². The molecule has 1 unspecified atom stereocenters. The van der Waals surface area contributed by atoms with E-state index in [2.05, 4.69) is 0 Å². The summed E-state index contributed by atoms with van der Waals surface area (Å²) in [5, 5.41) is 19.9. The quantitative estimate of drug-likeness (QED) is 0.177. The van der Waals surface area contributed by atoms with Crippen LogP contribution in [0.15, 0.2) is 54.6 Å². The van der Waals surface area contributed by atoms with Crippen LogP contribution in [0.25, 0.3) is 0 Å². The number of hydrogen-bond acceptors (Lipinski definition) is 7. The summed E-state index contributed by atoms with van der Waals surface area (Å²) in [4.78, 5) is 36.6. The van der Waals surface area contributed by atoms with Gasteiger partial charge in [0.1, 0.15) is 23.0 Å². The van der Waals surface area contributed by atoms with Crippen LogP contribution in [0.2, 0.25) is 0 Å². The molecule has 0 saturated heterocycles. The molecule has 0 amide bonds. The maximum atomic E-state index is 13.3. The molecule has 41 heavy (non-hydrogen) atoms. The average Bonchev–Trinajstić information content (AvgIpc) is 2.97. The molecule has 1 atom stereocenters. The van der Waals surface area contributed by atoms with Gasteiger partial charge in [-0.3, -0.25) is 9.59 Å². The molecule has 0 spiro atoms. The molecule has 1 heterocycles. The van der Waals surface area contributed by atoms with Crippen molar-refractivity contribution in [1.82, 2.24) is 0 Å². The molecule has 1 aliphatic rings. The summed E-state index contributed by atoms with van der Waals surface area (Å²) in [5.74, 6) is 0.00447. The molecular formula is C33H36O8. The number of carbonyl (C=O) groups excluding carboxylic acids is 2. The predicted molar refractivity (Wildman–Crippen MR) is 154 cm³/mol. The van der Waals surface area contributed by atoms with E-state index < -0.39 is 12.1 Å². The molecule has 8 heteroatoms. The first kappa shape index (κ1) is 29.6. The van der Waals surface area contributed by atoms with E-state index in [0.29, 0.717) is 78.4 Å². The van der Waals surface area contributed by atoms with Crippen LogP contribution in [0.1, 0.15) is 83.4 Å². The smallest absolute Gasteiger partial charge is 0.344 e. The summed E-state index contributed by atoms with van der Waals surface area (Å²) in [6.45, 7) is 4.22. The highest BCUT2D eigenvalue weighted by Gasteiger charge is 2.28. The zero-order valence-corrected chi connectivity index (χ0v) is 23.5. The number of rotatable bonds is 14. The van der Waals surface area contributed by atoms with E-state index in [1.165, 1.54) is 6.92 Å². The van der Waals surface area contributed by atoms with Gasteiger partial charge in [0.25, 0.3) is 0 Å². The maximum absolute atomic E-state index is 13.3. The Labute approximate surface area is 239 Å². The van der Waals surface area contributed by atoms with E-state index in [-0.39, 0.29) is 17.3 Å². The van der Waals surface area contributed by atoms with Crippen LogP contribution in [0.4, 0.5) is 0 Å². The van der Waals surface area contributed by atoms with Crippen LogP contribution in [-0.2, 0) is 17.6 Å². The second-order valence-corrected chi connectivity index (χ2v) is 10.1. The van der Waals surface area contributed by atoms with E-state index in [9.17, 15) is 24.6 Å². The molecule has 0 saturated carbocycles. The van der Waals surface area contributed by atoms with Crippen molar-refractivity contribution in [1.29, 1.82) is 0 Å². The SMILES string of the molecule is CCCc1c(OCCCCCOc2cc3c(cc2C(=O)c2ccccc2)CCC(C(=O)O)O3)ccc(C(C)=O)c1O. The summed E-state index contributed by atoms with van der Waals surface area (Å²) >= 11 is 0. The fraction of sp³-hybridized carbons (Fsp3) is 0.364. The predicted octanol–water partition coefficient (Wildman–Crippen LogP) is 6.18. The topological polar surface area (TPSA) is 119 Å². The number of ether oxygens (including phenoxy) is 3. The lowest BCUT2D eigenvalue weighted by Crippen LogP contribution is -2.31. The summed E-state index contributed by atoms with van der Waals surface area (Å²) in [6.07, 6.45) is 3.57. The van der Waals surface area contributed by atoms with Crippen LogP contribution in [0.5, 0.6) is 23.0 Å². The van der Waals surface area contributed by atoms with Crippen molar-refractivity contribution in [2.24, 2.45) is 0 Å². The highest BCUT2D eigenvalue weighted by Crippen LogP contribution is 2.36. The molecule has 3 aromatic rings. The molecule has 0 bridgehead atoms. The third kappa shape index (κ3) is 7.25. The number of unbranched alkanes of at least 4 members (excludes halogenated alkanes) is 2. The number of fused-ring (bicyclic) bond motifs is 1. The summed E-state index contributed by atoms with van der Waals surface area (Å²) in [6, 6.07) is 15.7. The van der Waals surface area contributed by atoms with E-state index in [0.717, 1.165) is 24.8 Å².